The molecular weight excluding hydrogens is 298 g/mol. The number of carbonyl (C=O) groups excluding carboxylic acids is 1. The van der Waals surface area contributed by atoms with E-state index in [9.17, 15) is 13.6 Å². The van der Waals surface area contributed by atoms with Gasteiger partial charge >= 0.3 is 0 Å². The fraction of sp³-hybridized carbons (Fsp3) is 0.333. The fourth-order valence-electron chi connectivity index (χ4n) is 2.79. The number of amides is 1. The van der Waals surface area contributed by atoms with Gasteiger partial charge in [0.2, 0.25) is 0 Å². The second-order valence-corrected chi connectivity index (χ2v) is 6.04. The van der Waals surface area contributed by atoms with E-state index < -0.39 is 11.6 Å². The number of likely N-dealkylation sites (tertiary alicyclic amines) is 1. The molecule has 0 aliphatic carbocycles. The Bertz CT molecular complexity index is 704. The van der Waals surface area contributed by atoms with Gasteiger partial charge < -0.3 is 4.90 Å². The minimum atomic E-state index is -0.663. The van der Waals surface area contributed by atoms with Gasteiger partial charge in [0.05, 0.1) is 5.69 Å². The van der Waals surface area contributed by atoms with Crippen LogP contribution in [0.3, 0.4) is 0 Å². The van der Waals surface area contributed by atoms with Crippen molar-refractivity contribution in [2.24, 2.45) is 5.92 Å². The van der Waals surface area contributed by atoms with Crippen molar-refractivity contribution in [2.45, 2.75) is 19.8 Å². The van der Waals surface area contributed by atoms with Crippen LogP contribution in [0.25, 0.3) is 11.3 Å². The van der Waals surface area contributed by atoms with Crippen LogP contribution < -0.4 is 0 Å². The topological polar surface area (TPSA) is 33.2 Å². The summed E-state index contributed by atoms with van der Waals surface area (Å²) in [6.45, 7) is 3.63. The van der Waals surface area contributed by atoms with Crippen LogP contribution in [-0.4, -0.2) is 28.9 Å². The minimum absolute atomic E-state index is 0.129. The van der Waals surface area contributed by atoms with Crippen LogP contribution in [-0.2, 0) is 0 Å². The molecule has 0 bridgehead atoms. The average Bonchev–Trinajstić information content (AvgIpc) is 2.54. The smallest absolute Gasteiger partial charge is 0.272 e. The maximum Gasteiger partial charge on any atom is 0.272 e. The zero-order chi connectivity index (χ0) is 16.4. The van der Waals surface area contributed by atoms with Crippen molar-refractivity contribution < 1.29 is 13.6 Å². The van der Waals surface area contributed by atoms with E-state index in [0.717, 1.165) is 32.0 Å². The number of benzene rings is 1. The minimum Gasteiger partial charge on any atom is -0.337 e. The highest BCUT2D eigenvalue weighted by atomic mass is 19.1. The van der Waals surface area contributed by atoms with Crippen molar-refractivity contribution in [3.05, 3.63) is 53.7 Å². The highest BCUT2D eigenvalue weighted by Crippen LogP contribution is 2.22. The average molecular weight is 316 g/mol. The molecule has 23 heavy (non-hydrogen) atoms. The molecule has 1 aromatic carbocycles. The molecule has 0 N–H and O–H groups in total. The first-order valence-electron chi connectivity index (χ1n) is 7.76. The van der Waals surface area contributed by atoms with Gasteiger partial charge in [-0.05, 0) is 43.0 Å². The van der Waals surface area contributed by atoms with E-state index in [1.165, 1.54) is 12.1 Å². The number of hydrogen-bond donors (Lipinski definition) is 0. The van der Waals surface area contributed by atoms with Crippen LogP contribution in [0, 0.1) is 17.6 Å². The molecule has 3 rings (SSSR count). The number of nitrogens with zero attached hydrogens (tertiary/aromatic N) is 2. The second-order valence-electron chi connectivity index (χ2n) is 6.04. The summed E-state index contributed by atoms with van der Waals surface area (Å²) in [5.41, 5.74) is 1.02. The standard InChI is InChI=1S/C18H18F2N2O/c1-12-5-7-22(8-6-12)18(23)17-4-2-3-16(21-17)13-9-14(19)11-15(20)10-13/h2-4,9-12H,5-8H2,1H3. The van der Waals surface area contributed by atoms with Crippen LogP contribution in [0.1, 0.15) is 30.3 Å². The number of carbonyl (C=O) groups is 1. The molecule has 1 aliphatic rings. The Kier molecular flexibility index (Phi) is 4.37. The Morgan fingerprint density at radius 1 is 1.13 bits per heavy atom. The molecule has 0 radical (unpaired) electrons. The third-order valence-electron chi connectivity index (χ3n) is 4.20. The first-order valence-corrected chi connectivity index (χ1v) is 7.76. The first kappa shape index (κ1) is 15.6. The van der Waals surface area contributed by atoms with Crippen molar-refractivity contribution >= 4 is 5.91 Å². The monoisotopic (exact) mass is 316 g/mol. The van der Waals surface area contributed by atoms with Crippen LogP contribution in [0.2, 0.25) is 0 Å². The number of piperidine rings is 1. The molecule has 2 aromatic rings. The lowest BCUT2D eigenvalue weighted by molar-refractivity contribution is 0.0691. The van der Waals surface area contributed by atoms with E-state index in [1.54, 1.807) is 23.1 Å². The third-order valence-corrected chi connectivity index (χ3v) is 4.20. The van der Waals surface area contributed by atoms with Gasteiger partial charge in [-0.3, -0.25) is 4.79 Å². The number of pyridine rings is 1. The zero-order valence-corrected chi connectivity index (χ0v) is 12.9. The van der Waals surface area contributed by atoms with E-state index in [4.69, 9.17) is 0 Å². The molecule has 0 spiro atoms. The largest absolute Gasteiger partial charge is 0.337 e. The molecule has 120 valence electrons. The summed E-state index contributed by atoms with van der Waals surface area (Å²) in [4.78, 5) is 18.6. The summed E-state index contributed by atoms with van der Waals surface area (Å²) in [7, 11) is 0. The predicted octanol–water partition coefficient (Wildman–Crippen LogP) is 3.90. The fourth-order valence-corrected chi connectivity index (χ4v) is 2.79. The molecule has 2 heterocycles. The normalized spacial score (nSPS) is 15.7. The van der Waals surface area contributed by atoms with E-state index >= 15 is 0 Å². The van der Waals surface area contributed by atoms with Gasteiger partial charge in [0.25, 0.3) is 5.91 Å². The summed E-state index contributed by atoms with van der Waals surface area (Å²) >= 11 is 0. The molecule has 5 heteroatoms. The van der Waals surface area contributed by atoms with Crippen LogP contribution >= 0.6 is 0 Å². The maximum atomic E-state index is 13.4. The van der Waals surface area contributed by atoms with E-state index in [2.05, 4.69) is 11.9 Å². The second kappa shape index (κ2) is 6.44. The number of aromatic nitrogens is 1. The Morgan fingerprint density at radius 2 is 1.78 bits per heavy atom. The van der Waals surface area contributed by atoms with Crippen molar-refractivity contribution in [3.8, 4) is 11.3 Å². The quantitative estimate of drug-likeness (QED) is 0.842. The molecule has 0 atom stereocenters. The summed E-state index contributed by atoms with van der Waals surface area (Å²) in [5, 5.41) is 0. The summed E-state index contributed by atoms with van der Waals surface area (Å²) in [6, 6.07) is 8.20. The Morgan fingerprint density at radius 3 is 2.43 bits per heavy atom. The third kappa shape index (κ3) is 3.55. The SMILES string of the molecule is CC1CCN(C(=O)c2cccc(-c3cc(F)cc(F)c3)n2)CC1. The molecule has 1 amide bonds. The summed E-state index contributed by atoms with van der Waals surface area (Å²) in [5.74, 6) is -0.823. The number of hydrogen-bond acceptors (Lipinski definition) is 2. The van der Waals surface area contributed by atoms with Crippen LogP contribution in [0.15, 0.2) is 36.4 Å². The van der Waals surface area contributed by atoms with E-state index in [0.29, 0.717) is 22.9 Å². The van der Waals surface area contributed by atoms with Gasteiger partial charge in [-0.2, -0.15) is 0 Å². The van der Waals surface area contributed by atoms with Crippen molar-refractivity contribution in [1.29, 1.82) is 0 Å². The highest BCUT2D eigenvalue weighted by molar-refractivity contribution is 5.93. The molecule has 1 fully saturated rings. The first-order chi connectivity index (χ1) is 11.0. The van der Waals surface area contributed by atoms with Gasteiger partial charge in [-0.1, -0.05) is 13.0 Å². The molecule has 0 saturated carbocycles. The molecule has 0 unspecified atom stereocenters. The van der Waals surface area contributed by atoms with Crippen molar-refractivity contribution in [1.82, 2.24) is 9.88 Å². The maximum absolute atomic E-state index is 13.4. The zero-order valence-electron chi connectivity index (χ0n) is 12.9. The van der Waals surface area contributed by atoms with Crippen molar-refractivity contribution in [2.75, 3.05) is 13.1 Å². The number of rotatable bonds is 2. The van der Waals surface area contributed by atoms with Gasteiger partial charge in [0, 0.05) is 24.7 Å². The van der Waals surface area contributed by atoms with Crippen LogP contribution in [0.5, 0.6) is 0 Å². The lowest BCUT2D eigenvalue weighted by Gasteiger charge is -2.30. The van der Waals surface area contributed by atoms with Gasteiger partial charge in [-0.25, -0.2) is 13.8 Å². The molecule has 1 saturated heterocycles. The van der Waals surface area contributed by atoms with Gasteiger partial charge in [-0.15, -0.1) is 0 Å². The number of halogens is 2. The van der Waals surface area contributed by atoms with Crippen molar-refractivity contribution in [3.63, 3.8) is 0 Å². The molecule has 1 aromatic heterocycles. The summed E-state index contributed by atoms with van der Waals surface area (Å²) < 4.78 is 26.7. The highest BCUT2D eigenvalue weighted by Gasteiger charge is 2.22. The molecular formula is C18H18F2N2O. The summed E-state index contributed by atoms with van der Waals surface area (Å²) in [6.07, 6.45) is 1.97. The van der Waals surface area contributed by atoms with E-state index in [-0.39, 0.29) is 5.91 Å². The predicted molar refractivity (Wildman–Crippen MR) is 83.9 cm³/mol. The Balaban J connectivity index is 1.86. The van der Waals surface area contributed by atoms with Gasteiger partial charge in [0.1, 0.15) is 17.3 Å². The van der Waals surface area contributed by atoms with Crippen LogP contribution in [0.4, 0.5) is 8.78 Å². The lowest BCUT2D eigenvalue weighted by Crippen LogP contribution is -2.38. The van der Waals surface area contributed by atoms with Gasteiger partial charge in [0.15, 0.2) is 0 Å². The Labute approximate surface area is 134 Å². The lowest BCUT2D eigenvalue weighted by atomic mass is 9.99. The van der Waals surface area contributed by atoms with E-state index in [1.807, 2.05) is 0 Å². The Hall–Kier alpha value is -2.30. The molecule has 3 nitrogen and oxygen atoms in total. The molecule has 1 aliphatic heterocycles.